The molecule has 0 saturated carbocycles. The third kappa shape index (κ3) is 5.34. The lowest BCUT2D eigenvalue weighted by Crippen LogP contribution is -2.42. The number of nitrogens with zero attached hydrogens (tertiary/aromatic N) is 3. The molecule has 1 unspecified atom stereocenters. The van der Waals surface area contributed by atoms with Gasteiger partial charge in [-0.2, -0.15) is 5.10 Å². The highest BCUT2D eigenvalue weighted by Gasteiger charge is 2.36. The third-order valence-electron chi connectivity index (χ3n) is 7.28. The third-order valence-corrected chi connectivity index (χ3v) is 7.28. The number of likely N-dealkylation sites (tertiary alicyclic amines) is 1. The van der Waals surface area contributed by atoms with Crippen LogP contribution in [-0.2, 0) is 11.2 Å². The van der Waals surface area contributed by atoms with Gasteiger partial charge in [0.15, 0.2) is 0 Å². The van der Waals surface area contributed by atoms with Gasteiger partial charge in [0, 0.05) is 17.5 Å². The lowest BCUT2D eigenvalue weighted by Gasteiger charge is -2.33. The average Bonchev–Trinajstić information content (AvgIpc) is 3.36. The topological polar surface area (TPSA) is 45.1 Å². The van der Waals surface area contributed by atoms with E-state index in [1.54, 1.807) is 30.3 Å². The summed E-state index contributed by atoms with van der Waals surface area (Å²) in [4.78, 5) is 15.8. The first-order chi connectivity index (χ1) is 17.6. The molecular weight excluding hydrogens is 453 g/mol. The van der Waals surface area contributed by atoms with Crippen molar-refractivity contribution in [3.63, 3.8) is 0 Å². The van der Waals surface area contributed by atoms with E-state index < -0.39 is 0 Å². The monoisotopic (exact) mass is 485 g/mol. The highest BCUT2D eigenvalue weighted by molar-refractivity contribution is 6.03. The van der Waals surface area contributed by atoms with Crippen molar-refractivity contribution in [3.8, 4) is 5.75 Å². The molecule has 1 saturated heterocycles. The van der Waals surface area contributed by atoms with Gasteiger partial charge in [-0.1, -0.05) is 66.7 Å². The number of ether oxygens (including phenoxy) is 1. The minimum atomic E-state index is -0.334. The van der Waals surface area contributed by atoms with Crippen LogP contribution in [0.3, 0.4) is 0 Å². The van der Waals surface area contributed by atoms with E-state index in [0.29, 0.717) is 35.9 Å². The van der Waals surface area contributed by atoms with Gasteiger partial charge in [-0.3, -0.25) is 9.69 Å². The van der Waals surface area contributed by atoms with Gasteiger partial charge in [0.25, 0.3) is 5.91 Å². The smallest absolute Gasteiger partial charge is 0.257 e. The van der Waals surface area contributed by atoms with Gasteiger partial charge >= 0.3 is 0 Å². The van der Waals surface area contributed by atoms with Crippen molar-refractivity contribution in [1.29, 1.82) is 0 Å². The van der Waals surface area contributed by atoms with Crippen LogP contribution in [0.2, 0.25) is 0 Å². The fourth-order valence-corrected chi connectivity index (χ4v) is 5.34. The Morgan fingerprint density at radius 2 is 1.67 bits per heavy atom. The molecule has 2 aliphatic heterocycles. The average molecular weight is 486 g/mol. The molecule has 0 aliphatic carbocycles. The van der Waals surface area contributed by atoms with Crippen molar-refractivity contribution in [2.45, 2.75) is 31.7 Å². The van der Waals surface area contributed by atoms with Gasteiger partial charge in [-0.25, -0.2) is 9.40 Å². The highest BCUT2D eigenvalue weighted by Crippen LogP contribution is 2.38. The maximum atomic E-state index is 14.6. The number of piperidine rings is 1. The fraction of sp³-hybridized carbons (Fsp3) is 0.333. The standard InChI is InChI=1S/C30H32FN3O2/c1-36-29-14-8-6-12-25(29)28-20-27(24-11-5-7-13-26(24)31)32-34(28)30(35)21-33-17-15-23(16-18-33)19-22-9-3-2-4-10-22/h2-14,23,28H,15-21H2,1H3. The van der Waals surface area contributed by atoms with Crippen molar-refractivity contribution in [1.82, 2.24) is 9.91 Å². The second-order valence-electron chi connectivity index (χ2n) is 9.64. The first-order valence-electron chi connectivity index (χ1n) is 12.7. The van der Waals surface area contributed by atoms with Crippen LogP contribution < -0.4 is 4.74 Å². The van der Waals surface area contributed by atoms with Gasteiger partial charge in [0.05, 0.1) is 25.4 Å². The second kappa shape index (κ2) is 11.0. The van der Waals surface area contributed by atoms with Crippen LogP contribution in [0.5, 0.6) is 5.75 Å². The number of para-hydroxylation sites is 1. The molecule has 1 atom stereocenters. The van der Waals surface area contributed by atoms with Crippen LogP contribution in [0.1, 0.15) is 42.0 Å². The van der Waals surface area contributed by atoms with E-state index in [1.165, 1.54) is 11.6 Å². The quantitative estimate of drug-likeness (QED) is 0.446. The number of hydrogen-bond acceptors (Lipinski definition) is 4. The number of methoxy groups -OCH3 is 1. The van der Waals surface area contributed by atoms with Crippen molar-refractivity contribution in [2.24, 2.45) is 11.0 Å². The zero-order valence-corrected chi connectivity index (χ0v) is 20.6. The largest absolute Gasteiger partial charge is 0.496 e. The van der Waals surface area contributed by atoms with E-state index in [0.717, 1.165) is 37.9 Å². The number of rotatable bonds is 7. The number of hydrazone groups is 1. The van der Waals surface area contributed by atoms with E-state index in [2.05, 4.69) is 40.3 Å². The van der Waals surface area contributed by atoms with Crippen molar-refractivity contribution < 1.29 is 13.9 Å². The summed E-state index contributed by atoms with van der Waals surface area (Å²) in [5.74, 6) is 0.938. The minimum absolute atomic E-state index is 0.0706. The molecule has 186 valence electrons. The Morgan fingerprint density at radius 1 is 0.972 bits per heavy atom. The number of benzene rings is 3. The van der Waals surface area contributed by atoms with E-state index in [-0.39, 0.29) is 17.8 Å². The zero-order chi connectivity index (χ0) is 24.9. The summed E-state index contributed by atoms with van der Waals surface area (Å²) in [5, 5.41) is 6.22. The number of hydrogen-bond donors (Lipinski definition) is 0. The van der Waals surface area contributed by atoms with Gasteiger partial charge in [-0.15, -0.1) is 0 Å². The number of carbonyl (C=O) groups excluding carboxylic acids is 1. The highest BCUT2D eigenvalue weighted by atomic mass is 19.1. The molecule has 0 N–H and O–H groups in total. The predicted molar refractivity (Wildman–Crippen MR) is 139 cm³/mol. The molecule has 5 rings (SSSR count). The molecule has 6 heteroatoms. The fourth-order valence-electron chi connectivity index (χ4n) is 5.34. The second-order valence-corrected chi connectivity index (χ2v) is 9.64. The summed E-state index contributed by atoms with van der Waals surface area (Å²) in [5.41, 5.74) is 3.28. The Morgan fingerprint density at radius 3 is 2.42 bits per heavy atom. The van der Waals surface area contributed by atoms with Crippen molar-refractivity contribution >= 4 is 11.6 Å². The first kappa shape index (κ1) is 24.2. The lowest BCUT2D eigenvalue weighted by atomic mass is 9.90. The minimum Gasteiger partial charge on any atom is -0.496 e. The molecule has 3 aromatic carbocycles. The summed E-state index contributed by atoms with van der Waals surface area (Å²) in [6.45, 7) is 2.08. The summed E-state index contributed by atoms with van der Waals surface area (Å²) in [7, 11) is 1.62. The van der Waals surface area contributed by atoms with Crippen molar-refractivity contribution in [2.75, 3.05) is 26.7 Å². The molecule has 3 aromatic rings. The number of amides is 1. The van der Waals surface area contributed by atoms with Gasteiger partial charge in [0.1, 0.15) is 11.6 Å². The molecule has 0 aromatic heterocycles. The van der Waals surface area contributed by atoms with Crippen LogP contribution >= 0.6 is 0 Å². The Bertz CT molecular complexity index is 1220. The molecule has 0 bridgehead atoms. The van der Waals surface area contributed by atoms with E-state index in [9.17, 15) is 9.18 Å². The summed E-state index contributed by atoms with van der Waals surface area (Å²) in [6, 6.07) is 24.6. The van der Waals surface area contributed by atoms with E-state index >= 15 is 0 Å². The Balaban J connectivity index is 1.30. The van der Waals surface area contributed by atoms with Gasteiger partial charge < -0.3 is 4.74 Å². The molecule has 36 heavy (non-hydrogen) atoms. The predicted octanol–water partition coefficient (Wildman–Crippen LogP) is 5.47. The van der Waals surface area contributed by atoms with Crippen LogP contribution in [0, 0.1) is 11.7 Å². The van der Waals surface area contributed by atoms with E-state index in [4.69, 9.17) is 4.74 Å². The van der Waals surface area contributed by atoms with Gasteiger partial charge in [0.2, 0.25) is 0 Å². The number of carbonyl (C=O) groups is 1. The molecule has 2 heterocycles. The van der Waals surface area contributed by atoms with Crippen LogP contribution in [0.15, 0.2) is 84.0 Å². The normalized spacial score (nSPS) is 18.8. The molecule has 5 nitrogen and oxygen atoms in total. The molecule has 0 spiro atoms. The molecule has 1 fully saturated rings. The maximum absolute atomic E-state index is 14.6. The molecule has 2 aliphatic rings. The molecule has 1 amide bonds. The van der Waals surface area contributed by atoms with Crippen molar-refractivity contribution in [3.05, 3.63) is 101 Å². The lowest BCUT2D eigenvalue weighted by molar-refractivity contribution is -0.134. The van der Waals surface area contributed by atoms with Gasteiger partial charge in [-0.05, 0) is 56.0 Å². The molecule has 0 radical (unpaired) electrons. The number of halogens is 1. The Hall–Kier alpha value is -3.51. The van der Waals surface area contributed by atoms with Crippen LogP contribution in [-0.4, -0.2) is 48.3 Å². The van der Waals surface area contributed by atoms with Crippen LogP contribution in [0.25, 0.3) is 0 Å². The Kier molecular flexibility index (Phi) is 7.42. The summed E-state index contributed by atoms with van der Waals surface area (Å²) in [6.07, 6.45) is 3.66. The van der Waals surface area contributed by atoms with E-state index in [1.807, 2.05) is 24.3 Å². The first-order valence-corrected chi connectivity index (χ1v) is 12.7. The maximum Gasteiger partial charge on any atom is 0.257 e. The molecular formula is C30H32FN3O2. The summed E-state index contributed by atoms with van der Waals surface area (Å²) >= 11 is 0. The summed E-state index contributed by atoms with van der Waals surface area (Å²) < 4.78 is 20.2. The zero-order valence-electron chi connectivity index (χ0n) is 20.6. The Labute approximate surface area is 212 Å². The van der Waals surface area contributed by atoms with Crippen LogP contribution in [0.4, 0.5) is 4.39 Å². The SMILES string of the molecule is COc1ccccc1C1CC(c2ccccc2F)=NN1C(=O)CN1CCC(Cc2ccccc2)CC1.